The van der Waals surface area contributed by atoms with E-state index in [1.165, 1.54) is 12.1 Å². The highest BCUT2D eigenvalue weighted by atomic mass is 32.2. The Hall–Kier alpha value is -2.06. The van der Waals surface area contributed by atoms with Crippen molar-refractivity contribution >= 4 is 15.7 Å². The third-order valence-corrected chi connectivity index (χ3v) is 5.65. The molecule has 0 radical (unpaired) electrons. The molecule has 2 rings (SSSR count). The summed E-state index contributed by atoms with van der Waals surface area (Å²) in [6.07, 6.45) is -4.67. The van der Waals surface area contributed by atoms with Gasteiger partial charge in [0.15, 0.2) is 0 Å². The summed E-state index contributed by atoms with van der Waals surface area (Å²) in [5.74, 6) is 0. The molecule has 25 heavy (non-hydrogen) atoms. The van der Waals surface area contributed by atoms with E-state index in [1.807, 2.05) is 0 Å². The standard InChI is InChI=1S/C17H19F3N2O2S/c1-12-8-15(21)16(9-13(12)2)25(23,24)22(11-17(18,19)20)10-14-6-4-3-5-7-14/h3-9H,10-11,21H2,1-2H3. The number of anilines is 1. The van der Waals surface area contributed by atoms with Gasteiger partial charge >= 0.3 is 6.18 Å². The van der Waals surface area contributed by atoms with Crippen LogP contribution in [0.4, 0.5) is 18.9 Å². The van der Waals surface area contributed by atoms with Crippen molar-refractivity contribution in [2.24, 2.45) is 0 Å². The number of halogens is 3. The van der Waals surface area contributed by atoms with Crippen LogP contribution < -0.4 is 5.73 Å². The number of aryl methyl sites for hydroxylation is 2. The zero-order chi connectivity index (χ0) is 18.8. The molecule has 2 aromatic carbocycles. The quantitative estimate of drug-likeness (QED) is 0.815. The molecule has 0 bridgehead atoms. The summed E-state index contributed by atoms with van der Waals surface area (Å²) in [5, 5.41) is 0. The van der Waals surface area contributed by atoms with E-state index >= 15 is 0 Å². The van der Waals surface area contributed by atoms with Crippen LogP contribution >= 0.6 is 0 Å². The predicted molar refractivity (Wildman–Crippen MR) is 90.4 cm³/mol. The number of alkyl halides is 3. The fourth-order valence-corrected chi connectivity index (χ4v) is 3.98. The summed E-state index contributed by atoms with van der Waals surface area (Å²) in [4.78, 5) is -0.309. The molecular weight excluding hydrogens is 353 g/mol. The van der Waals surface area contributed by atoms with Crippen LogP contribution in [0.2, 0.25) is 0 Å². The van der Waals surface area contributed by atoms with Gasteiger partial charge in [0, 0.05) is 6.54 Å². The van der Waals surface area contributed by atoms with Gasteiger partial charge in [0.25, 0.3) is 0 Å². The summed E-state index contributed by atoms with van der Waals surface area (Å²) >= 11 is 0. The molecule has 0 saturated heterocycles. The van der Waals surface area contributed by atoms with E-state index in [0.717, 1.165) is 5.56 Å². The van der Waals surface area contributed by atoms with Crippen LogP contribution in [0.5, 0.6) is 0 Å². The molecule has 0 aliphatic heterocycles. The average molecular weight is 372 g/mol. The number of nitrogens with zero attached hydrogens (tertiary/aromatic N) is 1. The molecule has 0 spiro atoms. The first kappa shape index (κ1) is 19.3. The number of benzene rings is 2. The molecule has 0 fully saturated rings. The van der Waals surface area contributed by atoms with Crippen molar-refractivity contribution in [3.8, 4) is 0 Å². The molecule has 2 aromatic rings. The molecule has 0 amide bonds. The van der Waals surface area contributed by atoms with E-state index in [-0.39, 0.29) is 10.6 Å². The molecule has 2 N–H and O–H groups in total. The third-order valence-electron chi connectivity index (χ3n) is 3.80. The summed E-state index contributed by atoms with van der Waals surface area (Å²) in [7, 11) is -4.41. The van der Waals surface area contributed by atoms with Crippen molar-refractivity contribution in [1.82, 2.24) is 4.31 Å². The van der Waals surface area contributed by atoms with Crippen LogP contribution in [0.3, 0.4) is 0 Å². The van der Waals surface area contributed by atoms with Crippen molar-refractivity contribution in [2.75, 3.05) is 12.3 Å². The minimum atomic E-state index is -4.67. The van der Waals surface area contributed by atoms with Crippen LogP contribution in [0.15, 0.2) is 47.4 Å². The van der Waals surface area contributed by atoms with Gasteiger partial charge in [-0.3, -0.25) is 0 Å². The van der Waals surface area contributed by atoms with Crippen molar-refractivity contribution in [3.63, 3.8) is 0 Å². The zero-order valence-electron chi connectivity index (χ0n) is 13.8. The van der Waals surface area contributed by atoms with Gasteiger partial charge in [-0.2, -0.15) is 17.5 Å². The summed E-state index contributed by atoms with van der Waals surface area (Å²) in [6.45, 7) is 1.45. The molecule has 0 aliphatic rings. The van der Waals surface area contributed by atoms with Gasteiger partial charge in [0.2, 0.25) is 10.0 Å². The Labute approximate surface area is 145 Å². The van der Waals surface area contributed by atoms with Crippen LogP contribution in [0.1, 0.15) is 16.7 Å². The van der Waals surface area contributed by atoms with Gasteiger partial charge in [-0.05, 0) is 42.7 Å². The van der Waals surface area contributed by atoms with Gasteiger partial charge < -0.3 is 5.73 Å². The number of sulfonamides is 1. The van der Waals surface area contributed by atoms with E-state index in [2.05, 4.69) is 0 Å². The lowest BCUT2D eigenvalue weighted by atomic mass is 10.1. The largest absolute Gasteiger partial charge is 0.402 e. The lowest BCUT2D eigenvalue weighted by molar-refractivity contribution is -0.136. The molecule has 0 heterocycles. The summed E-state index contributed by atoms with van der Waals surface area (Å²) < 4.78 is 65.0. The average Bonchev–Trinajstić information content (AvgIpc) is 2.50. The lowest BCUT2D eigenvalue weighted by Crippen LogP contribution is -2.38. The van der Waals surface area contributed by atoms with Crippen molar-refractivity contribution < 1.29 is 21.6 Å². The molecule has 4 nitrogen and oxygen atoms in total. The first-order chi connectivity index (χ1) is 11.5. The topological polar surface area (TPSA) is 63.4 Å². The zero-order valence-corrected chi connectivity index (χ0v) is 14.7. The Balaban J connectivity index is 2.49. The van der Waals surface area contributed by atoms with Crippen LogP contribution in [-0.4, -0.2) is 25.4 Å². The van der Waals surface area contributed by atoms with Crippen LogP contribution in [0.25, 0.3) is 0 Å². The van der Waals surface area contributed by atoms with E-state index in [4.69, 9.17) is 5.73 Å². The Morgan fingerprint density at radius 3 is 2.16 bits per heavy atom. The van der Waals surface area contributed by atoms with Gasteiger partial charge in [0.05, 0.1) is 5.69 Å². The highest BCUT2D eigenvalue weighted by Crippen LogP contribution is 2.29. The highest BCUT2D eigenvalue weighted by molar-refractivity contribution is 7.89. The molecule has 0 saturated carbocycles. The molecular formula is C17H19F3N2O2S. The molecule has 8 heteroatoms. The van der Waals surface area contributed by atoms with Gasteiger partial charge in [0.1, 0.15) is 11.4 Å². The Bertz CT molecular complexity index is 850. The second-order valence-corrected chi connectivity index (χ2v) is 7.75. The molecule has 0 aliphatic carbocycles. The number of nitrogens with two attached hydrogens (primary N) is 1. The maximum atomic E-state index is 13.0. The molecule has 0 unspecified atom stereocenters. The Kier molecular flexibility index (Phi) is 5.43. The maximum absolute atomic E-state index is 13.0. The number of rotatable bonds is 5. The van der Waals surface area contributed by atoms with Crippen molar-refractivity contribution in [2.45, 2.75) is 31.5 Å². The number of hydrogen-bond acceptors (Lipinski definition) is 3. The minimum Gasteiger partial charge on any atom is -0.398 e. The fourth-order valence-electron chi connectivity index (χ4n) is 2.39. The monoisotopic (exact) mass is 372 g/mol. The summed E-state index contributed by atoms with van der Waals surface area (Å²) in [6, 6.07) is 10.9. The SMILES string of the molecule is Cc1cc(N)c(S(=O)(=O)N(Cc2ccccc2)CC(F)(F)F)cc1C. The van der Waals surface area contributed by atoms with Crippen LogP contribution in [0, 0.1) is 13.8 Å². The maximum Gasteiger partial charge on any atom is 0.402 e. The summed E-state index contributed by atoms with van der Waals surface area (Å²) in [5.41, 5.74) is 7.58. The van der Waals surface area contributed by atoms with Gasteiger partial charge in [-0.15, -0.1) is 0 Å². The Morgan fingerprint density at radius 1 is 1.04 bits per heavy atom. The molecule has 0 aromatic heterocycles. The lowest BCUT2D eigenvalue weighted by Gasteiger charge is -2.24. The van der Waals surface area contributed by atoms with E-state index in [0.29, 0.717) is 15.4 Å². The second-order valence-electron chi connectivity index (χ2n) is 5.85. The van der Waals surface area contributed by atoms with E-state index in [1.54, 1.807) is 44.2 Å². The highest BCUT2D eigenvalue weighted by Gasteiger charge is 2.37. The first-order valence-corrected chi connectivity index (χ1v) is 8.92. The Morgan fingerprint density at radius 2 is 1.60 bits per heavy atom. The minimum absolute atomic E-state index is 0.0664. The molecule has 0 atom stereocenters. The van der Waals surface area contributed by atoms with E-state index < -0.39 is 29.3 Å². The smallest absolute Gasteiger partial charge is 0.398 e. The second kappa shape index (κ2) is 7.05. The molecule has 136 valence electrons. The number of nitrogen functional groups attached to an aromatic ring is 1. The predicted octanol–water partition coefficient (Wildman–Crippen LogP) is 3.64. The first-order valence-electron chi connectivity index (χ1n) is 7.48. The normalized spacial score (nSPS) is 12.6. The van der Waals surface area contributed by atoms with Gasteiger partial charge in [-0.1, -0.05) is 30.3 Å². The number of hydrogen-bond donors (Lipinski definition) is 1. The van der Waals surface area contributed by atoms with Gasteiger partial charge in [-0.25, -0.2) is 8.42 Å². The van der Waals surface area contributed by atoms with E-state index in [9.17, 15) is 21.6 Å². The van der Waals surface area contributed by atoms with Crippen molar-refractivity contribution in [3.05, 3.63) is 59.2 Å². The third kappa shape index (κ3) is 4.73. The van der Waals surface area contributed by atoms with Crippen LogP contribution in [-0.2, 0) is 16.6 Å². The fraction of sp³-hybridized carbons (Fsp3) is 0.294. The van der Waals surface area contributed by atoms with Crippen molar-refractivity contribution in [1.29, 1.82) is 0 Å².